The molecule has 0 spiro atoms. The molecular weight excluding hydrogens is 448 g/mol. The minimum atomic E-state index is -1.34. The Hall–Kier alpha value is -3.24. The second kappa shape index (κ2) is 14.0. The van der Waals surface area contributed by atoms with Crippen LogP contribution >= 0.6 is 0 Å². The number of alkyl carbamates (subject to hydrolysis) is 1. The molecule has 3 N–H and O–H groups in total. The number of hydrogen-bond donors (Lipinski definition) is 3. The Morgan fingerprint density at radius 2 is 1.67 bits per heavy atom. The average molecular weight is 477 g/mol. The molecule has 2 amide bonds. The number of carbonyl (C=O) groups excluding carboxylic acids is 3. The van der Waals surface area contributed by atoms with Gasteiger partial charge in [0, 0.05) is 17.2 Å². The van der Waals surface area contributed by atoms with E-state index in [4.69, 9.17) is 9.47 Å². The molecule has 0 saturated heterocycles. The van der Waals surface area contributed by atoms with Crippen LogP contribution in [0.3, 0.4) is 0 Å². The number of aliphatic hydroxyl groups excluding tert-OH is 1. The third-order valence-electron chi connectivity index (χ3n) is 4.53. The molecule has 10 heteroatoms. The summed E-state index contributed by atoms with van der Waals surface area (Å²) >= 11 is 0. The molecule has 0 aliphatic carbocycles. The topological polar surface area (TPSA) is 131 Å². The van der Waals surface area contributed by atoms with E-state index in [1.807, 2.05) is 18.2 Å². The highest BCUT2D eigenvalue weighted by molar-refractivity contribution is 7.85. The molecule has 2 aromatic rings. The van der Waals surface area contributed by atoms with Crippen molar-refractivity contribution in [3.63, 3.8) is 0 Å². The van der Waals surface area contributed by atoms with Crippen molar-refractivity contribution < 1.29 is 33.2 Å². The van der Waals surface area contributed by atoms with Crippen LogP contribution in [0, 0.1) is 0 Å². The van der Waals surface area contributed by atoms with Gasteiger partial charge in [0.1, 0.15) is 12.6 Å². The molecule has 0 fully saturated rings. The molecule has 178 valence electrons. The number of methoxy groups -OCH3 is 1. The fraction of sp³-hybridized carbons (Fsp3) is 0.348. The van der Waals surface area contributed by atoms with Crippen LogP contribution in [-0.4, -0.2) is 58.8 Å². The third kappa shape index (κ3) is 9.84. The van der Waals surface area contributed by atoms with Gasteiger partial charge in [-0.3, -0.25) is 9.00 Å². The molecule has 0 aliphatic heterocycles. The molecule has 0 bridgehead atoms. The van der Waals surface area contributed by atoms with Gasteiger partial charge in [-0.05, 0) is 24.1 Å². The number of nitrogens with one attached hydrogen (secondary N) is 2. The van der Waals surface area contributed by atoms with Crippen molar-refractivity contribution in [3.05, 3.63) is 66.2 Å². The maximum atomic E-state index is 12.4. The van der Waals surface area contributed by atoms with E-state index in [1.165, 1.54) is 7.11 Å². The number of esters is 1. The van der Waals surface area contributed by atoms with E-state index in [9.17, 15) is 23.7 Å². The minimum absolute atomic E-state index is 0.0778. The molecular formula is C23H28N2O7S. The van der Waals surface area contributed by atoms with Crippen LogP contribution in [-0.2, 0) is 36.5 Å². The van der Waals surface area contributed by atoms with Crippen LogP contribution in [0.15, 0.2) is 65.6 Å². The van der Waals surface area contributed by atoms with Gasteiger partial charge >= 0.3 is 12.1 Å². The zero-order valence-electron chi connectivity index (χ0n) is 18.3. The first-order valence-electron chi connectivity index (χ1n) is 10.3. The summed E-state index contributed by atoms with van der Waals surface area (Å²) < 4.78 is 22.1. The lowest BCUT2D eigenvalue weighted by Gasteiger charge is -2.18. The summed E-state index contributed by atoms with van der Waals surface area (Å²) in [6, 6.07) is 16.9. The fourth-order valence-electron chi connectivity index (χ4n) is 2.82. The normalized spacial score (nSPS) is 13.3. The van der Waals surface area contributed by atoms with E-state index in [-0.39, 0.29) is 31.7 Å². The highest BCUT2D eigenvalue weighted by Crippen LogP contribution is 2.09. The van der Waals surface area contributed by atoms with Gasteiger partial charge in [-0.1, -0.05) is 48.5 Å². The van der Waals surface area contributed by atoms with Crippen LogP contribution in [0.1, 0.15) is 18.4 Å². The van der Waals surface area contributed by atoms with Gasteiger partial charge in [0.15, 0.2) is 0 Å². The first-order chi connectivity index (χ1) is 15.9. The predicted octanol–water partition coefficient (Wildman–Crippen LogP) is 1.52. The molecule has 0 heterocycles. The van der Waals surface area contributed by atoms with Gasteiger partial charge in [0.2, 0.25) is 5.91 Å². The second-order valence-electron chi connectivity index (χ2n) is 7.10. The van der Waals surface area contributed by atoms with Crippen LogP contribution in [0.25, 0.3) is 0 Å². The zero-order valence-corrected chi connectivity index (χ0v) is 19.1. The number of rotatable bonds is 12. The maximum Gasteiger partial charge on any atom is 0.407 e. The molecule has 3 atom stereocenters. The third-order valence-corrected chi connectivity index (χ3v) is 5.94. The Balaban J connectivity index is 1.74. The number of carbonyl (C=O) groups is 3. The number of ether oxygens (including phenoxy) is 2. The predicted molar refractivity (Wildman–Crippen MR) is 122 cm³/mol. The van der Waals surface area contributed by atoms with Gasteiger partial charge in [0.25, 0.3) is 0 Å². The summed E-state index contributed by atoms with van der Waals surface area (Å²) in [7, 11) is -0.152. The smallest absolute Gasteiger partial charge is 0.407 e. The molecule has 2 rings (SSSR count). The molecule has 0 radical (unpaired) electrons. The van der Waals surface area contributed by atoms with E-state index in [1.54, 1.807) is 42.5 Å². The van der Waals surface area contributed by atoms with Gasteiger partial charge in [0.05, 0.1) is 30.4 Å². The summed E-state index contributed by atoms with van der Waals surface area (Å²) in [4.78, 5) is 36.6. The summed E-state index contributed by atoms with van der Waals surface area (Å²) in [6.07, 6.45) is -2.17. The Labute approximate surface area is 194 Å². The van der Waals surface area contributed by atoms with Gasteiger partial charge in [-0.2, -0.15) is 0 Å². The van der Waals surface area contributed by atoms with Gasteiger partial charge in [-0.25, -0.2) is 9.59 Å². The maximum absolute atomic E-state index is 12.4. The Bertz CT molecular complexity index is 925. The molecule has 9 nitrogen and oxygen atoms in total. The lowest BCUT2D eigenvalue weighted by atomic mass is 10.2. The van der Waals surface area contributed by atoms with Gasteiger partial charge < -0.3 is 25.2 Å². The molecule has 0 saturated carbocycles. The van der Waals surface area contributed by atoms with Crippen LogP contribution < -0.4 is 10.6 Å². The molecule has 2 aromatic carbocycles. The first kappa shape index (κ1) is 26.0. The van der Waals surface area contributed by atoms with E-state index in [2.05, 4.69) is 10.6 Å². The lowest BCUT2D eigenvalue weighted by Crippen LogP contribution is -2.44. The number of hydrogen-bond acceptors (Lipinski definition) is 7. The monoisotopic (exact) mass is 476 g/mol. The lowest BCUT2D eigenvalue weighted by molar-refractivity contribution is -0.145. The average Bonchev–Trinajstić information content (AvgIpc) is 2.84. The van der Waals surface area contributed by atoms with E-state index in [0.29, 0.717) is 4.90 Å². The molecule has 0 unspecified atom stereocenters. The quantitative estimate of drug-likeness (QED) is 0.396. The standard InChI is InChI=1S/C23H28N2O7S/c1-31-22(28)20(12-13-33(30)19-10-6-3-7-11-19)25-21(27)14-18(26)15-24-23(29)32-16-17-8-4-2-5-9-17/h2-11,18,20,26H,12-16H2,1H3,(H,24,29)(H,25,27)/t18-,20-,33+/m1/s1. The number of aliphatic hydroxyl groups is 1. The van der Waals surface area contributed by atoms with E-state index < -0.39 is 40.9 Å². The van der Waals surface area contributed by atoms with Crippen LogP contribution in [0.5, 0.6) is 0 Å². The number of benzene rings is 2. The van der Waals surface area contributed by atoms with Crippen molar-refractivity contribution in [3.8, 4) is 0 Å². The fourth-order valence-corrected chi connectivity index (χ4v) is 3.97. The van der Waals surface area contributed by atoms with Crippen molar-refractivity contribution in [2.24, 2.45) is 0 Å². The number of amides is 2. The molecule has 0 aromatic heterocycles. The first-order valence-corrected chi connectivity index (χ1v) is 11.6. The largest absolute Gasteiger partial charge is 0.467 e. The van der Waals surface area contributed by atoms with Crippen molar-refractivity contribution in [2.45, 2.75) is 36.5 Å². The second-order valence-corrected chi connectivity index (χ2v) is 8.67. The SMILES string of the molecule is COC(=O)[C@@H](CC[S@](=O)c1ccccc1)NC(=O)C[C@@H](O)CNC(=O)OCc1ccccc1. The highest BCUT2D eigenvalue weighted by Gasteiger charge is 2.24. The van der Waals surface area contributed by atoms with Crippen molar-refractivity contribution in [2.75, 3.05) is 19.4 Å². The minimum Gasteiger partial charge on any atom is -0.467 e. The highest BCUT2D eigenvalue weighted by atomic mass is 32.2. The summed E-state index contributed by atoms with van der Waals surface area (Å²) in [6.45, 7) is -0.129. The van der Waals surface area contributed by atoms with Crippen LogP contribution in [0.4, 0.5) is 4.79 Å². The van der Waals surface area contributed by atoms with Gasteiger partial charge in [-0.15, -0.1) is 0 Å². The van der Waals surface area contributed by atoms with Crippen LogP contribution in [0.2, 0.25) is 0 Å². The molecule has 0 aliphatic rings. The Morgan fingerprint density at radius 1 is 1.03 bits per heavy atom. The van der Waals surface area contributed by atoms with Crippen molar-refractivity contribution in [1.82, 2.24) is 10.6 Å². The Morgan fingerprint density at radius 3 is 2.30 bits per heavy atom. The van der Waals surface area contributed by atoms with E-state index >= 15 is 0 Å². The summed E-state index contributed by atoms with van der Waals surface area (Å²) in [5.41, 5.74) is 0.814. The zero-order chi connectivity index (χ0) is 24.1. The Kier molecular flexibility index (Phi) is 11.1. The summed E-state index contributed by atoms with van der Waals surface area (Å²) in [5, 5.41) is 14.9. The molecule has 33 heavy (non-hydrogen) atoms. The summed E-state index contributed by atoms with van der Waals surface area (Å²) in [5.74, 6) is -1.14. The van der Waals surface area contributed by atoms with E-state index in [0.717, 1.165) is 5.56 Å². The van der Waals surface area contributed by atoms with Crippen molar-refractivity contribution in [1.29, 1.82) is 0 Å². The van der Waals surface area contributed by atoms with Crippen molar-refractivity contribution >= 4 is 28.8 Å².